The minimum absolute atomic E-state index is 0.0385. The van der Waals surface area contributed by atoms with E-state index in [2.05, 4.69) is 16.4 Å². The Balaban J connectivity index is 1.32. The average molecular weight is 494 g/mol. The van der Waals surface area contributed by atoms with E-state index in [1.807, 2.05) is 12.1 Å². The van der Waals surface area contributed by atoms with Crippen LogP contribution in [0.4, 0.5) is 5.69 Å². The van der Waals surface area contributed by atoms with Crippen molar-refractivity contribution >= 4 is 21.6 Å². The zero-order valence-corrected chi connectivity index (χ0v) is 20.5. The number of amides is 1. The van der Waals surface area contributed by atoms with Gasteiger partial charge in [0.05, 0.1) is 11.6 Å². The highest BCUT2D eigenvalue weighted by atomic mass is 32.2. The van der Waals surface area contributed by atoms with Gasteiger partial charge in [-0.25, -0.2) is 13.4 Å². The number of ether oxygens (including phenoxy) is 1. The van der Waals surface area contributed by atoms with E-state index in [0.717, 1.165) is 5.56 Å². The van der Waals surface area contributed by atoms with Crippen LogP contribution in [0.1, 0.15) is 29.8 Å². The molecule has 182 valence electrons. The van der Waals surface area contributed by atoms with Crippen LogP contribution in [0.25, 0.3) is 0 Å². The van der Waals surface area contributed by atoms with Crippen LogP contribution in [0.5, 0.6) is 5.75 Å². The van der Waals surface area contributed by atoms with Crippen molar-refractivity contribution in [2.45, 2.75) is 31.4 Å². The number of hydrogen-bond donors (Lipinski definition) is 1. The second kappa shape index (κ2) is 10.3. The summed E-state index contributed by atoms with van der Waals surface area (Å²) in [5.41, 5.74) is 2.06. The first-order valence-electron chi connectivity index (χ1n) is 11.3. The lowest BCUT2D eigenvalue weighted by Crippen LogP contribution is -2.41. The van der Waals surface area contributed by atoms with E-state index in [1.54, 1.807) is 54.9 Å². The van der Waals surface area contributed by atoms with Gasteiger partial charge in [0.25, 0.3) is 10.0 Å². The van der Waals surface area contributed by atoms with Crippen molar-refractivity contribution in [3.63, 3.8) is 0 Å². The molecule has 0 atom stereocenters. The third kappa shape index (κ3) is 5.70. The summed E-state index contributed by atoms with van der Waals surface area (Å²) in [5, 5.41) is 12.0. The van der Waals surface area contributed by atoms with E-state index in [9.17, 15) is 13.2 Å². The number of aryl methyl sites for hydroxylation is 2. The van der Waals surface area contributed by atoms with E-state index in [-0.39, 0.29) is 29.9 Å². The van der Waals surface area contributed by atoms with Crippen molar-refractivity contribution < 1.29 is 17.9 Å². The van der Waals surface area contributed by atoms with Crippen LogP contribution < -0.4 is 10.1 Å². The smallest absolute Gasteiger partial charge is 0.262 e. The predicted molar refractivity (Wildman–Crippen MR) is 130 cm³/mol. The van der Waals surface area contributed by atoms with Gasteiger partial charge in [-0.15, -0.1) is 0 Å². The Kier molecular flexibility index (Phi) is 7.19. The lowest BCUT2D eigenvalue weighted by molar-refractivity contribution is -0.120. The number of nitriles is 1. The van der Waals surface area contributed by atoms with E-state index >= 15 is 0 Å². The second-order valence-corrected chi connectivity index (χ2v) is 10.4. The summed E-state index contributed by atoms with van der Waals surface area (Å²) in [6.45, 7) is 2.58. The molecule has 1 N–H and O–H groups in total. The average Bonchev–Trinajstić information content (AvgIpc) is 3.22. The minimum Gasteiger partial charge on any atom is -0.489 e. The Hall–Kier alpha value is -3.68. The fraction of sp³-hybridized carbons (Fsp3) is 0.320. The molecule has 1 fully saturated rings. The maximum atomic E-state index is 12.9. The van der Waals surface area contributed by atoms with Crippen LogP contribution in [-0.2, 0) is 28.5 Å². The molecule has 2 aromatic carbocycles. The molecular formula is C25H27N5O4S. The van der Waals surface area contributed by atoms with Gasteiger partial charge in [-0.3, -0.25) is 4.79 Å². The molecule has 4 rings (SSSR count). The Morgan fingerprint density at radius 2 is 1.94 bits per heavy atom. The molecule has 0 saturated carbocycles. The number of carbonyl (C=O) groups is 1. The standard InChI is InChI=1S/C25H27N5O4S/c1-18-27-24(16-29(18)2)35(32,33)30-11-9-21(10-12-30)25(31)28-22-7-4-8-23(14-22)34-17-20-6-3-5-19(13-20)15-26/h3-8,13-14,16,21H,9-12,17H2,1-2H3,(H,28,31). The molecule has 35 heavy (non-hydrogen) atoms. The normalized spacial score (nSPS) is 14.9. The number of nitrogens with one attached hydrogen (secondary N) is 1. The molecule has 0 aliphatic carbocycles. The highest BCUT2D eigenvalue weighted by Gasteiger charge is 2.33. The van der Waals surface area contributed by atoms with E-state index in [4.69, 9.17) is 10.00 Å². The maximum Gasteiger partial charge on any atom is 0.262 e. The summed E-state index contributed by atoms with van der Waals surface area (Å²) >= 11 is 0. The fourth-order valence-electron chi connectivity index (χ4n) is 3.95. The molecule has 1 amide bonds. The van der Waals surface area contributed by atoms with Gasteiger partial charge in [-0.1, -0.05) is 18.2 Å². The van der Waals surface area contributed by atoms with Crippen LogP contribution in [0.2, 0.25) is 0 Å². The number of carbonyl (C=O) groups excluding carboxylic acids is 1. The van der Waals surface area contributed by atoms with Crippen molar-refractivity contribution in [3.8, 4) is 11.8 Å². The first-order valence-corrected chi connectivity index (χ1v) is 12.7. The zero-order chi connectivity index (χ0) is 25.0. The highest BCUT2D eigenvalue weighted by Crippen LogP contribution is 2.25. The number of aromatic nitrogens is 2. The van der Waals surface area contributed by atoms with Crippen molar-refractivity contribution in [1.82, 2.24) is 13.9 Å². The highest BCUT2D eigenvalue weighted by molar-refractivity contribution is 7.89. The lowest BCUT2D eigenvalue weighted by atomic mass is 9.97. The molecule has 2 heterocycles. The monoisotopic (exact) mass is 493 g/mol. The molecule has 0 spiro atoms. The largest absolute Gasteiger partial charge is 0.489 e. The quantitative estimate of drug-likeness (QED) is 0.540. The van der Waals surface area contributed by atoms with Gasteiger partial charge >= 0.3 is 0 Å². The van der Waals surface area contributed by atoms with Crippen molar-refractivity contribution in [1.29, 1.82) is 5.26 Å². The molecule has 0 radical (unpaired) electrons. The Morgan fingerprint density at radius 1 is 1.20 bits per heavy atom. The summed E-state index contributed by atoms with van der Waals surface area (Å²) in [4.78, 5) is 17.0. The van der Waals surface area contributed by atoms with Crippen molar-refractivity contribution in [2.24, 2.45) is 13.0 Å². The first-order chi connectivity index (χ1) is 16.8. The SMILES string of the molecule is Cc1nc(S(=O)(=O)N2CCC(C(=O)Nc3cccc(OCc4cccc(C#N)c4)c3)CC2)cn1C. The molecule has 0 bridgehead atoms. The minimum atomic E-state index is -3.68. The van der Waals surface area contributed by atoms with Crippen molar-refractivity contribution in [3.05, 3.63) is 71.7 Å². The molecule has 1 aliphatic rings. The van der Waals surface area contributed by atoms with Crippen LogP contribution in [0.3, 0.4) is 0 Å². The molecule has 3 aromatic rings. The van der Waals surface area contributed by atoms with Gasteiger partial charge in [0, 0.05) is 44.0 Å². The number of hydrogen-bond acceptors (Lipinski definition) is 6. The van der Waals surface area contributed by atoms with Crippen LogP contribution in [0, 0.1) is 24.2 Å². The third-order valence-corrected chi connectivity index (χ3v) is 7.85. The summed E-state index contributed by atoms with van der Waals surface area (Å²) < 4.78 is 34.6. The Morgan fingerprint density at radius 3 is 2.63 bits per heavy atom. The zero-order valence-electron chi connectivity index (χ0n) is 19.6. The summed E-state index contributed by atoms with van der Waals surface area (Å²) in [6.07, 6.45) is 2.38. The molecule has 1 aliphatic heterocycles. The molecule has 1 aromatic heterocycles. The number of imidazole rings is 1. The number of rotatable bonds is 7. The van der Waals surface area contributed by atoms with E-state index in [0.29, 0.717) is 42.3 Å². The number of anilines is 1. The first kappa shape index (κ1) is 24.4. The molecule has 1 saturated heterocycles. The number of piperidine rings is 1. The van der Waals surface area contributed by atoms with Gasteiger partial charge < -0.3 is 14.6 Å². The third-order valence-electron chi connectivity index (χ3n) is 6.08. The molecule has 0 unspecified atom stereocenters. The maximum absolute atomic E-state index is 12.9. The second-order valence-electron chi connectivity index (χ2n) is 8.53. The van der Waals surface area contributed by atoms with Gasteiger partial charge in [-0.2, -0.15) is 9.57 Å². The number of nitrogens with zero attached hydrogens (tertiary/aromatic N) is 4. The van der Waals surface area contributed by atoms with Gasteiger partial charge in [0.15, 0.2) is 5.03 Å². The summed E-state index contributed by atoms with van der Waals surface area (Å²) in [5.74, 6) is 0.788. The fourth-order valence-corrected chi connectivity index (χ4v) is 5.44. The van der Waals surface area contributed by atoms with Crippen molar-refractivity contribution in [2.75, 3.05) is 18.4 Å². The predicted octanol–water partition coefficient (Wildman–Crippen LogP) is 3.22. The van der Waals surface area contributed by atoms with Gasteiger partial charge in [-0.05, 0) is 49.6 Å². The molecule has 9 nitrogen and oxygen atoms in total. The number of sulfonamides is 1. The molecule has 10 heteroatoms. The van der Waals surface area contributed by atoms with E-state index < -0.39 is 10.0 Å². The van der Waals surface area contributed by atoms with E-state index in [1.165, 1.54) is 10.5 Å². The van der Waals surface area contributed by atoms with Crippen LogP contribution in [0.15, 0.2) is 59.8 Å². The Bertz CT molecular complexity index is 1350. The molecular weight excluding hydrogens is 466 g/mol. The summed E-state index contributed by atoms with van der Waals surface area (Å²) in [6, 6.07) is 16.4. The lowest BCUT2D eigenvalue weighted by Gasteiger charge is -2.30. The van der Waals surface area contributed by atoms with Gasteiger partial charge in [0.1, 0.15) is 18.2 Å². The van der Waals surface area contributed by atoms with Crippen LogP contribution in [-0.4, -0.2) is 41.3 Å². The summed E-state index contributed by atoms with van der Waals surface area (Å²) in [7, 11) is -1.92. The Labute approximate surface area is 205 Å². The number of benzene rings is 2. The van der Waals surface area contributed by atoms with Gasteiger partial charge in [0.2, 0.25) is 5.91 Å². The topological polar surface area (TPSA) is 117 Å². The van der Waals surface area contributed by atoms with Crippen LogP contribution >= 0.6 is 0 Å².